The van der Waals surface area contributed by atoms with Crippen molar-refractivity contribution < 1.29 is 4.79 Å². The zero-order valence-corrected chi connectivity index (χ0v) is 14.6. The number of H-pyrrole nitrogens is 1. The van der Waals surface area contributed by atoms with Gasteiger partial charge in [0.1, 0.15) is 0 Å². The zero-order chi connectivity index (χ0) is 17.0. The number of amides is 1. The molecule has 0 fully saturated rings. The van der Waals surface area contributed by atoms with E-state index >= 15 is 0 Å². The van der Waals surface area contributed by atoms with Crippen LogP contribution in [-0.2, 0) is 4.79 Å². The van der Waals surface area contributed by atoms with Gasteiger partial charge in [0, 0.05) is 18.0 Å². The van der Waals surface area contributed by atoms with E-state index in [2.05, 4.69) is 15.3 Å². The second-order valence-corrected chi connectivity index (χ2v) is 6.71. The van der Waals surface area contributed by atoms with Gasteiger partial charge in [0.25, 0.3) is 5.56 Å². The Hall–Kier alpha value is -2.08. The number of rotatable bonds is 5. The lowest BCUT2D eigenvalue weighted by Crippen LogP contribution is -2.26. The number of nitrogens with one attached hydrogen (secondary N) is 2. The number of carbonyl (C=O) groups excluding carboxylic acids is 1. The third-order valence-corrected chi connectivity index (χ3v) is 4.75. The summed E-state index contributed by atoms with van der Waals surface area (Å²) in [5.74, 6) is -0.0842. The minimum absolute atomic E-state index is 0.0842. The maximum absolute atomic E-state index is 12.6. The van der Waals surface area contributed by atoms with E-state index in [1.54, 1.807) is 0 Å². The van der Waals surface area contributed by atoms with Crippen LogP contribution in [0.3, 0.4) is 0 Å². The molecular formula is C17H21N3O2S. The van der Waals surface area contributed by atoms with Crippen LogP contribution in [0.15, 0.2) is 34.3 Å². The van der Waals surface area contributed by atoms with Gasteiger partial charge in [-0.1, -0.05) is 36.4 Å². The lowest BCUT2D eigenvalue weighted by molar-refractivity contribution is -0.115. The zero-order valence-electron chi connectivity index (χ0n) is 13.8. The Bertz CT molecular complexity index is 747. The number of nitrogens with zero attached hydrogens (tertiary/aromatic N) is 1. The number of hydrogen-bond donors (Lipinski definition) is 2. The summed E-state index contributed by atoms with van der Waals surface area (Å²) in [6, 6.07) is 5.45. The normalized spacial score (nSPS) is 12.0. The molecule has 1 atom stereocenters. The monoisotopic (exact) mass is 331 g/mol. The number of thioether (sulfide) groups is 1. The van der Waals surface area contributed by atoms with E-state index in [1.165, 1.54) is 29.6 Å². The molecule has 2 aromatic rings. The van der Waals surface area contributed by atoms with Gasteiger partial charge < -0.3 is 10.3 Å². The number of aryl methyl sites for hydroxylation is 3. The molecule has 1 heterocycles. The smallest absolute Gasteiger partial charge is 0.251 e. The standard InChI is InChI=1S/C17H21N3O2S/c1-5-13(23-17-18-7-6-14(21)19-17)16(22)20-15-11(3)8-10(2)9-12(15)4/h6-9,13H,5H2,1-4H3,(H,20,22)(H,18,19,21). The molecule has 1 aromatic carbocycles. The molecule has 0 aliphatic carbocycles. The third-order valence-electron chi connectivity index (χ3n) is 3.49. The first kappa shape index (κ1) is 17.3. The fraction of sp³-hybridized carbons (Fsp3) is 0.353. The molecule has 0 saturated heterocycles. The van der Waals surface area contributed by atoms with E-state index in [0.29, 0.717) is 11.6 Å². The van der Waals surface area contributed by atoms with E-state index in [4.69, 9.17) is 0 Å². The molecule has 0 saturated carbocycles. The molecule has 6 heteroatoms. The molecule has 0 spiro atoms. The van der Waals surface area contributed by atoms with Crippen LogP contribution in [0, 0.1) is 20.8 Å². The second-order valence-electron chi connectivity index (χ2n) is 5.52. The van der Waals surface area contributed by atoms with Crippen LogP contribution < -0.4 is 10.9 Å². The Morgan fingerprint density at radius 2 is 1.96 bits per heavy atom. The molecule has 1 aromatic heterocycles. The van der Waals surface area contributed by atoms with Gasteiger partial charge >= 0.3 is 0 Å². The van der Waals surface area contributed by atoms with Crippen LogP contribution in [0.25, 0.3) is 0 Å². The molecule has 1 unspecified atom stereocenters. The summed E-state index contributed by atoms with van der Waals surface area (Å²) in [6.45, 7) is 7.95. The van der Waals surface area contributed by atoms with Crippen molar-refractivity contribution in [3.8, 4) is 0 Å². The maximum atomic E-state index is 12.6. The van der Waals surface area contributed by atoms with Crippen molar-refractivity contribution in [1.82, 2.24) is 9.97 Å². The quantitative estimate of drug-likeness (QED) is 0.652. The molecule has 5 nitrogen and oxygen atoms in total. The predicted molar refractivity (Wildman–Crippen MR) is 94.1 cm³/mol. The number of aromatic amines is 1. The molecule has 122 valence electrons. The summed E-state index contributed by atoms with van der Waals surface area (Å²) in [4.78, 5) is 30.6. The lowest BCUT2D eigenvalue weighted by Gasteiger charge is -2.17. The van der Waals surface area contributed by atoms with Crippen LogP contribution in [0.2, 0.25) is 0 Å². The third kappa shape index (κ3) is 4.45. The van der Waals surface area contributed by atoms with Crippen LogP contribution >= 0.6 is 11.8 Å². The van der Waals surface area contributed by atoms with Crippen LogP contribution in [0.4, 0.5) is 5.69 Å². The Balaban J connectivity index is 2.16. The SMILES string of the molecule is CCC(Sc1nccc(=O)[nH]1)C(=O)Nc1c(C)cc(C)cc1C. The highest BCUT2D eigenvalue weighted by molar-refractivity contribution is 8.00. The molecule has 0 bridgehead atoms. The number of benzene rings is 1. The minimum atomic E-state index is -0.319. The van der Waals surface area contributed by atoms with Crippen molar-refractivity contribution in [2.24, 2.45) is 0 Å². The fourth-order valence-electron chi connectivity index (χ4n) is 2.45. The summed E-state index contributed by atoms with van der Waals surface area (Å²) >= 11 is 1.27. The average Bonchev–Trinajstić information content (AvgIpc) is 2.48. The van der Waals surface area contributed by atoms with Crippen molar-refractivity contribution in [3.63, 3.8) is 0 Å². The van der Waals surface area contributed by atoms with E-state index in [9.17, 15) is 9.59 Å². The molecule has 0 aliphatic rings. The molecule has 2 N–H and O–H groups in total. The maximum Gasteiger partial charge on any atom is 0.251 e. The summed E-state index contributed by atoms with van der Waals surface area (Å²) in [5, 5.41) is 3.15. The Morgan fingerprint density at radius 1 is 1.30 bits per heavy atom. The molecule has 23 heavy (non-hydrogen) atoms. The van der Waals surface area contributed by atoms with E-state index < -0.39 is 0 Å². The van der Waals surface area contributed by atoms with Gasteiger partial charge in [0.05, 0.1) is 5.25 Å². The first-order valence-electron chi connectivity index (χ1n) is 7.51. The van der Waals surface area contributed by atoms with Gasteiger partial charge in [0.2, 0.25) is 5.91 Å². The van der Waals surface area contributed by atoms with Gasteiger partial charge in [-0.25, -0.2) is 4.98 Å². The van der Waals surface area contributed by atoms with Crippen molar-refractivity contribution in [1.29, 1.82) is 0 Å². The summed E-state index contributed by atoms with van der Waals surface area (Å²) in [7, 11) is 0. The van der Waals surface area contributed by atoms with Gasteiger partial charge in [-0.05, 0) is 38.3 Å². The Kier molecular flexibility index (Phi) is 5.60. The van der Waals surface area contributed by atoms with Crippen LogP contribution in [0.1, 0.15) is 30.0 Å². The number of anilines is 1. The predicted octanol–water partition coefficient (Wildman–Crippen LogP) is 3.20. The summed E-state index contributed by atoms with van der Waals surface area (Å²) < 4.78 is 0. The summed E-state index contributed by atoms with van der Waals surface area (Å²) in [5.41, 5.74) is 3.89. The average molecular weight is 331 g/mol. The summed E-state index contributed by atoms with van der Waals surface area (Å²) in [6.07, 6.45) is 2.08. The van der Waals surface area contributed by atoms with Crippen molar-refractivity contribution in [3.05, 3.63) is 51.4 Å². The Morgan fingerprint density at radius 3 is 2.52 bits per heavy atom. The highest BCUT2D eigenvalue weighted by Crippen LogP contribution is 2.26. The first-order valence-corrected chi connectivity index (χ1v) is 8.39. The van der Waals surface area contributed by atoms with Crippen molar-refractivity contribution >= 4 is 23.4 Å². The molecule has 0 radical (unpaired) electrons. The van der Waals surface area contributed by atoms with Crippen LogP contribution in [-0.4, -0.2) is 21.1 Å². The van der Waals surface area contributed by atoms with Gasteiger partial charge in [-0.15, -0.1) is 0 Å². The lowest BCUT2D eigenvalue weighted by atomic mass is 10.0. The first-order chi connectivity index (χ1) is 10.9. The van der Waals surface area contributed by atoms with E-state index in [1.807, 2.05) is 39.8 Å². The molecule has 0 aliphatic heterocycles. The second kappa shape index (κ2) is 7.46. The van der Waals surface area contributed by atoms with Crippen molar-refractivity contribution in [2.75, 3.05) is 5.32 Å². The van der Waals surface area contributed by atoms with Crippen LogP contribution in [0.5, 0.6) is 0 Å². The van der Waals surface area contributed by atoms with Gasteiger partial charge in [-0.2, -0.15) is 0 Å². The van der Waals surface area contributed by atoms with Gasteiger partial charge in [-0.3, -0.25) is 9.59 Å². The number of aromatic nitrogens is 2. The minimum Gasteiger partial charge on any atom is -0.325 e. The molecular weight excluding hydrogens is 310 g/mol. The number of hydrogen-bond acceptors (Lipinski definition) is 4. The van der Waals surface area contributed by atoms with Crippen molar-refractivity contribution in [2.45, 2.75) is 44.5 Å². The van der Waals surface area contributed by atoms with E-state index in [0.717, 1.165) is 16.8 Å². The highest BCUT2D eigenvalue weighted by Gasteiger charge is 2.20. The highest BCUT2D eigenvalue weighted by atomic mass is 32.2. The van der Waals surface area contributed by atoms with Gasteiger partial charge in [0.15, 0.2) is 5.16 Å². The van der Waals surface area contributed by atoms with E-state index in [-0.39, 0.29) is 16.7 Å². The number of carbonyl (C=O) groups is 1. The largest absolute Gasteiger partial charge is 0.325 e. The topological polar surface area (TPSA) is 74.8 Å². The fourth-order valence-corrected chi connectivity index (χ4v) is 3.33. The Labute approximate surface area is 139 Å². The molecule has 1 amide bonds. The molecule has 2 rings (SSSR count).